The van der Waals surface area contributed by atoms with E-state index in [1.807, 2.05) is 84.9 Å². The van der Waals surface area contributed by atoms with Gasteiger partial charge in [0.15, 0.2) is 0 Å². The Morgan fingerprint density at radius 1 is 0.889 bits per heavy atom. The minimum Gasteiger partial charge on any atom is -0.334 e. The van der Waals surface area contributed by atoms with E-state index < -0.39 is 0 Å². The first-order valence-corrected chi connectivity index (χ1v) is 9.13. The van der Waals surface area contributed by atoms with Crippen LogP contribution in [0.5, 0.6) is 0 Å². The van der Waals surface area contributed by atoms with E-state index in [0.717, 1.165) is 21.3 Å². The SMILES string of the molecule is Brc1cccc(N/N=C(/c2ccccc2)c2noc(-c3ccccc3)n2)c1. The predicted octanol–water partition coefficient (Wildman–Crippen LogP) is 5.36. The Bertz CT molecular complexity index is 1060. The standard InChI is InChI=1S/C21H15BrN4O/c22-17-12-7-13-18(14-17)24-25-19(15-8-3-1-4-9-15)20-23-21(27-26-20)16-10-5-2-6-11-16/h1-14,24H/b25-19-. The van der Waals surface area contributed by atoms with Crippen LogP contribution in [0.4, 0.5) is 5.69 Å². The van der Waals surface area contributed by atoms with E-state index in [-0.39, 0.29) is 0 Å². The summed E-state index contributed by atoms with van der Waals surface area (Å²) >= 11 is 3.46. The van der Waals surface area contributed by atoms with Gasteiger partial charge in [-0.2, -0.15) is 10.1 Å². The van der Waals surface area contributed by atoms with Crippen molar-refractivity contribution in [2.45, 2.75) is 0 Å². The number of hydrogen-bond acceptors (Lipinski definition) is 5. The number of rotatable bonds is 5. The van der Waals surface area contributed by atoms with Crippen LogP contribution < -0.4 is 5.43 Å². The molecule has 0 spiro atoms. The van der Waals surface area contributed by atoms with Gasteiger partial charge in [-0.1, -0.05) is 75.7 Å². The van der Waals surface area contributed by atoms with Crippen LogP contribution >= 0.6 is 15.9 Å². The Morgan fingerprint density at radius 2 is 1.63 bits per heavy atom. The van der Waals surface area contributed by atoms with E-state index in [1.165, 1.54) is 0 Å². The van der Waals surface area contributed by atoms with Crippen LogP contribution in [0.3, 0.4) is 0 Å². The molecule has 3 aromatic carbocycles. The first-order chi connectivity index (χ1) is 13.3. The molecule has 0 saturated heterocycles. The van der Waals surface area contributed by atoms with Crippen molar-refractivity contribution in [3.63, 3.8) is 0 Å². The molecule has 0 saturated carbocycles. The van der Waals surface area contributed by atoms with Crippen LogP contribution in [0.25, 0.3) is 11.5 Å². The third-order valence-corrected chi connectivity index (χ3v) is 4.32. The zero-order valence-electron chi connectivity index (χ0n) is 14.2. The van der Waals surface area contributed by atoms with Gasteiger partial charge in [0, 0.05) is 15.6 Å². The van der Waals surface area contributed by atoms with E-state index >= 15 is 0 Å². The van der Waals surface area contributed by atoms with Crippen molar-refractivity contribution in [1.82, 2.24) is 10.1 Å². The van der Waals surface area contributed by atoms with Crippen molar-refractivity contribution in [1.29, 1.82) is 0 Å². The van der Waals surface area contributed by atoms with Crippen LogP contribution in [0, 0.1) is 0 Å². The molecule has 1 heterocycles. The average Bonchev–Trinajstić information content (AvgIpc) is 3.20. The van der Waals surface area contributed by atoms with E-state index in [4.69, 9.17) is 4.52 Å². The molecule has 0 aliphatic rings. The van der Waals surface area contributed by atoms with Gasteiger partial charge in [-0.05, 0) is 30.3 Å². The van der Waals surface area contributed by atoms with Gasteiger partial charge in [0.2, 0.25) is 5.82 Å². The summed E-state index contributed by atoms with van der Waals surface area (Å²) in [6.07, 6.45) is 0. The highest BCUT2D eigenvalue weighted by Crippen LogP contribution is 2.19. The Balaban J connectivity index is 1.71. The monoisotopic (exact) mass is 418 g/mol. The third-order valence-electron chi connectivity index (χ3n) is 3.83. The van der Waals surface area contributed by atoms with E-state index in [1.54, 1.807) is 0 Å². The molecule has 0 radical (unpaired) electrons. The zero-order chi connectivity index (χ0) is 18.5. The molecular weight excluding hydrogens is 404 g/mol. The Labute approximate surface area is 164 Å². The van der Waals surface area contributed by atoms with Gasteiger partial charge in [0.05, 0.1) is 5.69 Å². The Hall–Kier alpha value is -3.25. The molecule has 0 atom stereocenters. The first kappa shape index (κ1) is 17.2. The van der Waals surface area contributed by atoms with E-state index in [9.17, 15) is 0 Å². The second-order valence-corrected chi connectivity index (χ2v) is 6.65. The highest BCUT2D eigenvalue weighted by molar-refractivity contribution is 9.10. The first-order valence-electron chi connectivity index (χ1n) is 8.34. The maximum atomic E-state index is 5.45. The number of hydrazone groups is 1. The molecule has 0 fully saturated rings. The van der Waals surface area contributed by atoms with E-state index in [0.29, 0.717) is 17.4 Å². The van der Waals surface area contributed by atoms with Gasteiger partial charge in [0.25, 0.3) is 5.89 Å². The number of nitrogens with one attached hydrogen (secondary N) is 1. The lowest BCUT2D eigenvalue weighted by molar-refractivity contribution is 0.429. The fraction of sp³-hybridized carbons (Fsp3) is 0. The van der Waals surface area contributed by atoms with Crippen LogP contribution in [0.1, 0.15) is 11.4 Å². The summed E-state index contributed by atoms with van der Waals surface area (Å²) in [7, 11) is 0. The van der Waals surface area contributed by atoms with Crippen molar-refractivity contribution < 1.29 is 4.52 Å². The fourth-order valence-corrected chi connectivity index (χ4v) is 2.94. The number of nitrogens with zero attached hydrogens (tertiary/aromatic N) is 3. The summed E-state index contributed by atoms with van der Waals surface area (Å²) in [6.45, 7) is 0. The molecule has 4 rings (SSSR count). The highest BCUT2D eigenvalue weighted by Gasteiger charge is 2.16. The molecular formula is C21H15BrN4O. The van der Waals surface area contributed by atoms with Gasteiger partial charge in [-0.25, -0.2) is 0 Å². The smallest absolute Gasteiger partial charge is 0.258 e. The minimum absolute atomic E-state index is 0.419. The second-order valence-electron chi connectivity index (χ2n) is 5.74. The molecule has 0 bridgehead atoms. The summed E-state index contributed by atoms with van der Waals surface area (Å²) in [5, 5.41) is 8.68. The molecule has 4 aromatic rings. The van der Waals surface area contributed by atoms with Gasteiger partial charge in [-0.15, -0.1) is 0 Å². The molecule has 0 amide bonds. The molecule has 5 nitrogen and oxygen atoms in total. The summed E-state index contributed by atoms with van der Waals surface area (Å²) in [4.78, 5) is 4.53. The molecule has 6 heteroatoms. The number of benzene rings is 3. The van der Waals surface area contributed by atoms with Crippen molar-refractivity contribution in [2.75, 3.05) is 5.43 Å². The molecule has 0 aliphatic heterocycles. The van der Waals surface area contributed by atoms with Gasteiger partial charge < -0.3 is 4.52 Å². The summed E-state index contributed by atoms with van der Waals surface area (Å²) in [5.74, 6) is 0.874. The Morgan fingerprint density at radius 3 is 2.37 bits per heavy atom. The number of anilines is 1. The maximum absolute atomic E-state index is 5.45. The Kier molecular flexibility index (Phi) is 5.07. The van der Waals surface area contributed by atoms with Crippen molar-refractivity contribution in [3.8, 4) is 11.5 Å². The van der Waals surface area contributed by atoms with Crippen LogP contribution in [-0.2, 0) is 0 Å². The van der Waals surface area contributed by atoms with Gasteiger partial charge in [0.1, 0.15) is 5.71 Å². The molecule has 1 aromatic heterocycles. The second kappa shape index (κ2) is 7.97. The van der Waals surface area contributed by atoms with Crippen LogP contribution in [-0.4, -0.2) is 15.9 Å². The maximum Gasteiger partial charge on any atom is 0.258 e. The van der Waals surface area contributed by atoms with Crippen molar-refractivity contribution in [3.05, 3.63) is 101 Å². The number of hydrogen-bond donors (Lipinski definition) is 1. The quantitative estimate of drug-likeness (QED) is 0.349. The van der Waals surface area contributed by atoms with Gasteiger partial charge in [-0.3, -0.25) is 5.43 Å². The summed E-state index contributed by atoms with van der Waals surface area (Å²) < 4.78 is 6.41. The lowest BCUT2D eigenvalue weighted by Crippen LogP contribution is -2.08. The fourth-order valence-electron chi connectivity index (χ4n) is 2.54. The minimum atomic E-state index is 0.419. The largest absolute Gasteiger partial charge is 0.334 e. The lowest BCUT2D eigenvalue weighted by atomic mass is 10.1. The molecule has 27 heavy (non-hydrogen) atoms. The van der Waals surface area contributed by atoms with Gasteiger partial charge >= 0.3 is 0 Å². The van der Waals surface area contributed by atoms with E-state index in [2.05, 4.69) is 36.6 Å². The summed E-state index contributed by atoms with van der Waals surface area (Å²) in [5.41, 5.74) is 6.27. The molecule has 132 valence electrons. The number of halogens is 1. The molecule has 1 N–H and O–H groups in total. The zero-order valence-corrected chi connectivity index (χ0v) is 15.8. The topological polar surface area (TPSA) is 63.3 Å². The lowest BCUT2D eigenvalue weighted by Gasteiger charge is -2.05. The predicted molar refractivity (Wildman–Crippen MR) is 110 cm³/mol. The molecule has 0 unspecified atom stereocenters. The molecule has 0 aliphatic carbocycles. The number of aromatic nitrogens is 2. The van der Waals surface area contributed by atoms with Crippen LogP contribution in [0.2, 0.25) is 0 Å². The van der Waals surface area contributed by atoms with Crippen molar-refractivity contribution in [2.24, 2.45) is 5.10 Å². The third kappa shape index (κ3) is 4.12. The van der Waals surface area contributed by atoms with Crippen LogP contribution in [0.15, 0.2) is 99.0 Å². The normalized spacial score (nSPS) is 11.4. The highest BCUT2D eigenvalue weighted by atomic mass is 79.9. The summed E-state index contributed by atoms with van der Waals surface area (Å²) in [6, 6.07) is 27.2. The average molecular weight is 419 g/mol. The van der Waals surface area contributed by atoms with Crippen molar-refractivity contribution >= 4 is 27.3 Å².